The van der Waals surface area contributed by atoms with Gasteiger partial charge in [0.15, 0.2) is 6.61 Å². The van der Waals surface area contributed by atoms with Crippen LogP contribution in [0.15, 0.2) is 18.3 Å². The van der Waals surface area contributed by atoms with Crippen LogP contribution in [0.3, 0.4) is 0 Å². The molecule has 8 heteroatoms. The lowest BCUT2D eigenvalue weighted by molar-refractivity contribution is -0.154. The molecular weight excluding hydrogens is 305 g/mol. The molecule has 1 aromatic heterocycles. The van der Waals surface area contributed by atoms with Gasteiger partial charge < -0.3 is 4.74 Å². The van der Waals surface area contributed by atoms with Gasteiger partial charge in [-0.05, 0) is 33.3 Å². The normalized spacial score (nSPS) is 15.6. The zero-order valence-corrected chi connectivity index (χ0v) is 13.1. The highest BCUT2D eigenvalue weighted by Gasteiger charge is 2.28. The van der Waals surface area contributed by atoms with Crippen LogP contribution in [-0.4, -0.2) is 26.7 Å². The fourth-order valence-corrected chi connectivity index (χ4v) is 2.11. The van der Waals surface area contributed by atoms with E-state index in [-0.39, 0.29) is 11.9 Å². The van der Waals surface area contributed by atoms with Gasteiger partial charge in [-0.25, -0.2) is 13.9 Å². The molecule has 1 N–H and O–H groups in total. The summed E-state index contributed by atoms with van der Waals surface area (Å²) in [6, 6.07) is 2.71. The minimum absolute atomic E-state index is 0.0970. The quantitative estimate of drug-likeness (QED) is 0.905. The first-order valence-electron chi connectivity index (χ1n) is 6.32. The number of hydrogen-bond donors (Lipinski definition) is 1. The lowest BCUT2D eigenvalue weighted by atomic mass is 10.2. The van der Waals surface area contributed by atoms with Crippen LogP contribution in [0.4, 0.5) is 13.2 Å². The molecule has 1 heterocycles. The van der Waals surface area contributed by atoms with Gasteiger partial charge in [0.05, 0.1) is 15.7 Å². The van der Waals surface area contributed by atoms with Crippen LogP contribution in [0.2, 0.25) is 0 Å². The van der Waals surface area contributed by atoms with Crippen LogP contribution >= 0.6 is 0 Å². The van der Waals surface area contributed by atoms with E-state index in [1.807, 2.05) is 20.8 Å². The molecular formula is C13H19F3N2O2S. The SMILES string of the molecule is C[C@@H](NS(=O)C(C)(C)C)c1ccc(OCC(F)(F)F)nc1. The molecule has 0 saturated carbocycles. The highest BCUT2D eigenvalue weighted by molar-refractivity contribution is 7.84. The number of nitrogens with one attached hydrogen (secondary N) is 1. The van der Waals surface area contributed by atoms with Gasteiger partial charge in [-0.1, -0.05) is 6.07 Å². The summed E-state index contributed by atoms with van der Waals surface area (Å²) in [6.07, 6.45) is -2.98. The first-order chi connectivity index (χ1) is 9.49. The first-order valence-corrected chi connectivity index (χ1v) is 7.47. The second-order valence-electron chi connectivity index (χ2n) is 5.55. The molecule has 0 aromatic carbocycles. The van der Waals surface area contributed by atoms with Gasteiger partial charge in [-0.15, -0.1) is 0 Å². The summed E-state index contributed by atoms with van der Waals surface area (Å²) in [6.45, 7) is 5.96. The van der Waals surface area contributed by atoms with Crippen molar-refractivity contribution in [1.82, 2.24) is 9.71 Å². The number of rotatable bonds is 5. The Morgan fingerprint density at radius 1 is 1.33 bits per heavy atom. The van der Waals surface area contributed by atoms with Gasteiger partial charge in [0, 0.05) is 18.3 Å². The minimum atomic E-state index is -4.39. The Morgan fingerprint density at radius 3 is 2.38 bits per heavy atom. The van der Waals surface area contributed by atoms with Crippen molar-refractivity contribution >= 4 is 11.0 Å². The van der Waals surface area contributed by atoms with E-state index < -0.39 is 28.5 Å². The molecule has 4 nitrogen and oxygen atoms in total. The molecule has 0 aliphatic carbocycles. The fraction of sp³-hybridized carbons (Fsp3) is 0.615. The predicted molar refractivity (Wildman–Crippen MR) is 75.2 cm³/mol. The molecule has 1 rings (SSSR count). The van der Waals surface area contributed by atoms with Gasteiger partial charge in [-0.3, -0.25) is 0 Å². The summed E-state index contributed by atoms with van der Waals surface area (Å²) in [4.78, 5) is 3.81. The Balaban J connectivity index is 2.63. The molecule has 21 heavy (non-hydrogen) atoms. The van der Waals surface area contributed by atoms with Crippen molar-refractivity contribution in [3.63, 3.8) is 0 Å². The Bertz CT molecular complexity index is 484. The highest BCUT2D eigenvalue weighted by atomic mass is 32.2. The molecule has 0 spiro atoms. The van der Waals surface area contributed by atoms with Crippen LogP contribution in [-0.2, 0) is 11.0 Å². The molecule has 0 radical (unpaired) electrons. The fourth-order valence-electron chi connectivity index (χ4n) is 1.29. The summed E-state index contributed by atoms with van der Waals surface area (Å²) in [5, 5.41) is 0. The summed E-state index contributed by atoms with van der Waals surface area (Å²) < 4.78 is 55.0. The third kappa shape index (κ3) is 6.43. The topological polar surface area (TPSA) is 51.2 Å². The molecule has 120 valence electrons. The average molecular weight is 324 g/mol. The van der Waals surface area contributed by atoms with Crippen molar-refractivity contribution in [1.29, 1.82) is 0 Å². The Kier molecular flexibility index (Phi) is 5.75. The number of alkyl halides is 3. The minimum Gasteiger partial charge on any atom is -0.468 e. The summed E-state index contributed by atoms with van der Waals surface area (Å²) in [5.41, 5.74) is 0.715. The van der Waals surface area contributed by atoms with Crippen molar-refractivity contribution in [3.05, 3.63) is 23.9 Å². The van der Waals surface area contributed by atoms with E-state index in [1.165, 1.54) is 12.3 Å². The maximum Gasteiger partial charge on any atom is 0.422 e. The summed E-state index contributed by atoms with van der Waals surface area (Å²) >= 11 is 0. The predicted octanol–water partition coefficient (Wildman–Crippen LogP) is 3.14. The van der Waals surface area contributed by atoms with Gasteiger partial charge in [0.2, 0.25) is 5.88 Å². The standard InChI is InChI=1S/C13H19F3N2O2S/c1-9(18-21(19)12(2,3)4)10-5-6-11(17-7-10)20-8-13(14,15)16/h5-7,9,18H,8H2,1-4H3/t9-,21?/m1/s1. The largest absolute Gasteiger partial charge is 0.468 e. The summed E-state index contributed by atoms with van der Waals surface area (Å²) in [5.74, 6) is -0.0970. The van der Waals surface area contributed by atoms with Crippen LogP contribution < -0.4 is 9.46 Å². The van der Waals surface area contributed by atoms with E-state index in [0.717, 1.165) is 0 Å². The molecule has 0 fully saturated rings. The van der Waals surface area contributed by atoms with Crippen LogP contribution in [0.5, 0.6) is 5.88 Å². The number of aromatic nitrogens is 1. The molecule has 0 aliphatic heterocycles. The van der Waals surface area contributed by atoms with E-state index in [1.54, 1.807) is 13.0 Å². The third-order valence-corrected chi connectivity index (χ3v) is 4.16. The lowest BCUT2D eigenvalue weighted by Gasteiger charge is -2.22. The summed E-state index contributed by atoms with van der Waals surface area (Å²) in [7, 11) is -1.25. The van der Waals surface area contributed by atoms with Crippen molar-refractivity contribution in [3.8, 4) is 5.88 Å². The third-order valence-electron chi connectivity index (χ3n) is 2.48. The van der Waals surface area contributed by atoms with Crippen LogP contribution in [0.25, 0.3) is 0 Å². The maximum absolute atomic E-state index is 12.0. The molecule has 0 aliphatic rings. The van der Waals surface area contributed by atoms with E-state index in [2.05, 4.69) is 14.4 Å². The van der Waals surface area contributed by atoms with Gasteiger partial charge in [0.25, 0.3) is 0 Å². The number of nitrogens with zero attached hydrogens (tertiary/aromatic N) is 1. The van der Waals surface area contributed by atoms with Gasteiger partial charge in [-0.2, -0.15) is 13.2 Å². The van der Waals surface area contributed by atoms with E-state index in [4.69, 9.17) is 0 Å². The zero-order valence-electron chi connectivity index (χ0n) is 12.3. The molecule has 1 aromatic rings. The number of halogens is 3. The molecule has 0 bridgehead atoms. The van der Waals surface area contributed by atoms with Crippen molar-refractivity contribution in [2.75, 3.05) is 6.61 Å². The van der Waals surface area contributed by atoms with Gasteiger partial charge >= 0.3 is 6.18 Å². The molecule has 2 atom stereocenters. The van der Waals surface area contributed by atoms with Crippen LogP contribution in [0.1, 0.15) is 39.3 Å². The van der Waals surface area contributed by atoms with Crippen molar-refractivity contribution in [2.24, 2.45) is 0 Å². The number of hydrogen-bond acceptors (Lipinski definition) is 3. The second kappa shape index (κ2) is 6.74. The van der Waals surface area contributed by atoms with Gasteiger partial charge in [0.1, 0.15) is 0 Å². The second-order valence-corrected chi connectivity index (χ2v) is 7.55. The smallest absolute Gasteiger partial charge is 0.422 e. The zero-order chi connectivity index (χ0) is 16.3. The van der Waals surface area contributed by atoms with E-state index in [9.17, 15) is 17.4 Å². The number of ether oxygens (including phenoxy) is 1. The van der Waals surface area contributed by atoms with Crippen LogP contribution in [0, 0.1) is 0 Å². The Labute approximate surface area is 124 Å². The number of pyridine rings is 1. The molecule has 0 amide bonds. The molecule has 1 unspecified atom stereocenters. The monoisotopic (exact) mass is 324 g/mol. The first kappa shape index (κ1) is 17.9. The van der Waals surface area contributed by atoms with Crippen molar-refractivity contribution < 1.29 is 22.1 Å². The maximum atomic E-state index is 12.0. The van der Waals surface area contributed by atoms with E-state index in [0.29, 0.717) is 5.56 Å². The lowest BCUT2D eigenvalue weighted by Crippen LogP contribution is -2.34. The Morgan fingerprint density at radius 2 is 1.95 bits per heavy atom. The highest BCUT2D eigenvalue weighted by Crippen LogP contribution is 2.20. The average Bonchev–Trinajstić information content (AvgIpc) is 2.35. The van der Waals surface area contributed by atoms with E-state index >= 15 is 0 Å². The van der Waals surface area contributed by atoms with Crippen molar-refractivity contribution in [2.45, 2.75) is 44.7 Å². The Hall–Kier alpha value is -1.15. The molecule has 0 saturated heterocycles.